The molecule has 0 saturated carbocycles. The number of aryl methyl sites for hydroxylation is 1. The van der Waals surface area contributed by atoms with E-state index < -0.39 is 23.8 Å². The zero-order valence-corrected chi connectivity index (χ0v) is 21.9. The van der Waals surface area contributed by atoms with Crippen molar-refractivity contribution in [3.05, 3.63) is 105 Å². The van der Waals surface area contributed by atoms with Gasteiger partial charge in [0.1, 0.15) is 6.10 Å². The van der Waals surface area contributed by atoms with E-state index >= 15 is 0 Å². The van der Waals surface area contributed by atoms with Crippen LogP contribution in [-0.4, -0.2) is 11.1 Å². The third-order valence-corrected chi connectivity index (χ3v) is 7.68. The van der Waals surface area contributed by atoms with E-state index in [-0.39, 0.29) is 23.0 Å². The largest absolute Gasteiger partial charge is 0.478 e. The lowest BCUT2D eigenvalue weighted by molar-refractivity contribution is -0.137. The van der Waals surface area contributed by atoms with Gasteiger partial charge in [-0.05, 0) is 88.2 Å². The molecule has 0 aromatic heterocycles. The number of rotatable bonds is 6. The van der Waals surface area contributed by atoms with Crippen molar-refractivity contribution >= 4 is 5.97 Å². The average Bonchev–Trinajstić information content (AvgIpc) is 2.83. The van der Waals surface area contributed by atoms with Crippen molar-refractivity contribution in [1.82, 2.24) is 0 Å². The summed E-state index contributed by atoms with van der Waals surface area (Å²) in [5.74, 6) is -1.01. The van der Waals surface area contributed by atoms with Crippen LogP contribution in [-0.2, 0) is 28.4 Å². The molecule has 1 N–H and O–H groups in total. The smallest absolute Gasteiger partial charge is 0.416 e. The summed E-state index contributed by atoms with van der Waals surface area (Å²) in [4.78, 5) is 11.2. The fraction of sp³-hybridized carbons (Fsp3) is 0.387. The van der Waals surface area contributed by atoms with E-state index in [1.807, 2.05) is 6.92 Å². The molecule has 0 spiro atoms. The SMILES string of the molecule is Cc1cc2c(cc1C(OCc1ccc(C(=O)O)cc1)c1ccc(C(F)(F)F)cc1)C(C)(C)CCC2(C)C. The molecule has 1 aliphatic rings. The van der Waals surface area contributed by atoms with Gasteiger partial charge in [-0.15, -0.1) is 0 Å². The lowest BCUT2D eigenvalue weighted by Gasteiger charge is -2.42. The molecule has 1 aliphatic carbocycles. The predicted molar refractivity (Wildman–Crippen MR) is 138 cm³/mol. The minimum atomic E-state index is -4.42. The zero-order valence-electron chi connectivity index (χ0n) is 21.9. The molecule has 0 heterocycles. The summed E-state index contributed by atoms with van der Waals surface area (Å²) < 4.78 is 46.1. The molecule has 3 nitrogen and oxygen atoms in total. The number of carboxylic acid groups (broad SMARTS) is 1. The van der Waals surface area contributed by atoms with Gasteiger partial charge < -0.3 is 9.84 Å². The van der Waals surface area contributed by atoms with Crippen molar-refractivity contribution in [2.45, 2.75) is 77.2 Å². The number of hydrogen-bond acceptors (Lipinski definition) is 2. The molecule has 1 atom stereocenters. The van der Waals surface area contributed by atoms with Crippen LogP contribution in [0.15, 0.2) is 60.7 Å². The number of fused-ring (bicyclic) bond motifs is 1. The molecule has 0 radical (unpaired) electrons. The van der Waals surface area contributed by atoms with E-state index in [0.717, 1.165) is 41.7 Å². The van der Waals surface area contributed by atoms with E-state index in [2.05, 4.69) is 39.8 Å². The maximum absolute atomic E-state index is 13.2. The van der Waals surface area contributed by atoms with Crippen LogP contribution in [0.3, 0.4) is 0 Å². The molecule has 0 amide bonds. The number of ether oxygens (including phenoxy) is 1. The molecule has 196 valence electrons. The summed E-state index contributed by atoms with van der Waals surface area (Å²) in [5, 5.41) is 9.17. The maximum atomic E-state index is 13.2. The first-order chi connectivity index (χ1) is 17.2. The molecule has 4 rings (SSSR count). The molecule has 0 aliphatic heterocycles. The number of benzene rings is 3. The first-order valence-corrected chi connectivity index (χ1v) is 12.5. The van der Waals surface area contributed by atoms with Gasteiger partial charge >= 0.3 is 12.1 Å². The van der Waals surface area contributed by atoms with Crippen LogP contribution in [0.4, 0.5) is 13.2 Å². The Bertz CT molecular complexity index is 1290. The van der Waals surface area contributed by atoms with Gasteiger partial charge in [-0.3, -0.25) is 0 Å². The topological polar surface area (TPSA) is 46.5 Å². The molecule has 3 aromatic rings. The Kier molecular flexibility index (Phi) is 7.02. The molecular weight excluding hydrogens is 477 g/mol. The van der Waals surface area contributed by atoms with E-state index in [1.165, 1.54) is 35.4 Å². The van der Waals surface area contributed by atoms with Crippen molar-refractivity contribution in [2.75, 3.05) is 0 Å². The summed E-state index contributed by atoms with van der Waals surface area (Å²) in [6.07, 6.45) is -2.89. The second kappa shape index (κ2) is 9.64. The van der Waals surface area contributed by atoms with E-state index in [0.29, 0.717) is 5.56 Å². The highest BCUT2D eigenvalue weighted by molar-refractivity contribution is 5.87. The van der Waals surface area contributed by atoms with Gasteiger partial charge in [-0.1, -0.05) is 64.1 Å². The fourth-order valence-electron chi connectivity index (χ4n) is 5.16. The van der Waals surface area contributed by atoms with Crippen LogP contribution in [0.25, 0.3) is 0 Å². The van der Waals surface area contributed by atoms with Crippen LogP contribution in [0.5, 0.6) is 0 Å². The molecule has 6 heteroatoms. The van der Waals surface area contributed by atoms with Crippen LogP contribution >= 0.6 is 0 Å². The number of aromatic carboxylic acids is 1. The van der Waals surface area contributed by atoms with Crippen LogP contribution in [0.2, 0.25) is 0 Å². The van der Waals surface area contributed by atoms with Crippen molar-refractivity contribution in [2.24, 2.45) is 0 Å². The summed E-state index contributed by atoms with van der Waals surface area (Å²) in [6.45, 7) is 11.2. The average molecular weight is 511 g/mol. The van der Waals surface area contributed by atoms with E-state index in [9.17, 15) is 18.0 Å². The molecule has 3 aromatic carbocycles. The number of hydrogen-bond donors (Lipinski definition) is 1. The normalized spacial score (nSPS) is 17.2. The number of carboxylic acids is 1. The third kappa shape index (κ3) is 5.59. The minimum absolute atomic E-state index is 0.0325. The molecule has 0 saturated heterocycles. The van der Waals surface area contributed by atoms with Crippen molar-refractivity contribution in [1.29, 1.82) is 0 Å². The van der Waals surface area contributed by atoms with Crippen molar-refractivity contribution in [3.63, 3.8) is 0 Å². The number of alkyl halides is 3. The van der Waals surface area contributed by atoms with Gasteiger partial charge in [0.05, 0.1) is 17.7 Å². The molecule has 37 heavy (non-hydrogen) atoms. The second-order valence-corrected chi connectivity index (χ2v) is 11.3. The summed E-state index contributed by atoms with van der Waals surface area (Å²) in [5.41, 5.74) is 5.38. The van der Waals surface area contributed by atoms with Gasteiger partial charge in [0.25, 0.3) is 0 Å². The summed E-state index contributed by atoms with van der Waals surface area (Å²) in [6, 6.07) is 16.0. The Balaban J connectivity index is 1.77. The summed E-state index contributed by atoms with van der Waals surface area (Å²) >= 11 is 0. The van der Waals surface area contributed by atoms with Crippen molar-refractivity contribution in [3.8, 4) is 0 Å². The van der Waals surface area contributed by atoms with Crippen LogP contribution in [0.1, 0.15) is 95.9 Å². The zero-order chi connectivity index (χ0) is 27.2. The van der Waals surface area contributed by atoms with Gasteiger partial charge in [-0.2, -0.15) is 13.2 Å². The second-order valence-electron chi connectivity index (χ2n) is 11.3. The van der Waals surface area contributed by atoms with Gasteiger partial charge in [0, 0.05) is 0 Å². The van der Waals surface area contributed by atoms with Gasteiger partial charge in [0.2, 0.25) is 0 Å². The van der Waals surface area contributed by atoms with Gasteiger partial charge in [-0.25, -0.2) is 4.79 Å². The first-order valence-electron chi connectivity index (χ1n) is 12.5. The van der Waals surface area contributed by atoms with Crippen LogP contribution in [0, 0.1) is 6.92 Å². The first kappa shape index (κ1) is 26.9. The highest BCUT2D eigenvalue weighted by Gasteiger charge is 2.38. The van der Waals surface area contributed by atoms with E-state index in [1.54, 1.807) is 12.1 Å². The molecule has 0 fully saturated rings. The van der Waals surface area contributed by atoms with Gasteiger partial charge in [0.15, 0.2) is 0 Å². The highest BCUT2D eigenvalue weighted by Crippen LogP contribution is 2.48. The van der Waals surface area contributed by atoms with Crippen LogP contribution < -0.4 is 0 Å². The Hall–Kier alpha value is -3.12. The predicted octanol–water partition coefficient (Wildman–Crippen LogP) is 8.37. The molecular formula is C31H33F3O3. The van der Waals surface area contributed by atoms with E-state index in [4.69, 9.17) is 9.84 Å². The summed E-state index contributed by atoms with van der Waals surface area (Å²) in [7, 11) is 0. The highest BCUT2D eigenvalue weighted by atomic mass is 19.4. The lowest BCUT2D eigenvalue weighted by Crippen LogP contribution is -2.34. The van der Waals surface area contributed by atoms with Crippen molar-refractivity contribution < 1.29 is 27.8 Å². The lowest BCUT2D eigenvalue weighted by atomic mass is 9.62. The number of halogens is 3. The Morgan fingerprint density at radius 3 is 1.97 bits per heavy atom. The molecule has 1 unspecified atom stereocenters. The quantitative estimate of drug-likeness (QED) is 0.362. The Labute approximate surface area is 216 Å². The Morgan fingerprint density at radius 2 is 1.46 bits per heavy atom. The molecule has 0 bridgehead atoms. The third-order valence-electron chi connectivity index (χ3n) is 7.68. The standard InChI is InChI=1S/C31H33F3O3/c1-19-16-25-26(30(4,5)15-14-29(25,2)3)17-24(19)27(21-10-12-23(13-11-21)31(32,33)34)37-18-20-6-8-22(9-7-20)28(35)36/h6-13,16-17,27H,14-15,18H2,1-5H3,(H,35,36). The minimum Gasteiger partial charge on any atom is -0.478 e. The number of carbonyl (C=O) groups is 1. The monoisotopic (exact) mass is 510 g/mol. The maximum Gasteiger partial charge on any atom is 0.416 e. The fourth-order valence-corrected chi connectivity index (χ4v) is 5.16. The Morgan fingerprint density at radius 1 is 0.919 bits per heavy atom.